The van der Waals surface area contributed by atoms with Gasteiger partial charge in [-0.15, -0.1) is 0 Å². The van der Waals surface area contributed by atoms with Crippen LogP contribution in [0.5, 0.6) is 0 Å². The molecule has 2 aromatic rings. The highest BCUT2D eigenvalue weighted by molar-refractivity contribution is 7.16. The summed E-state index contributed by atoms with van der Waals surface area (Å²) in [6, 6.07) is 0. The fourth-order valence-corrected chi connectivity index (χ4v) is 2.91. The van der Waals surface area contributed by atoms with Crippen molar-refractivity contribution in [1.29, 1.82) is 0 Å². The predicted molar refractivity (Wildman–Crippen MR) is 68.9 cm³/mol. The van der Waals surface area contributed by atoms with Crippen LogP contribution in [0.4, 0.5) is 0 Å². The third-order valence-electron chi connectivity index (χ3n) is 2.55. The van der Waals surface area contributed by atoms with E-state index in [1.165, 1.54) is 0 Å². The molecular formula is C12H17N3OS. The van der Waals surface area contributed by atoms with Gasteiger partial charge in [0.25, 0.3) is 0 Å². The monoisotopic (exact) mass is 251 g/mol. The van der Waals surface area contributed by atoms with Gasteiger partial charge in [-0.25, -0.2) is 4.98 Å². The number of carbonyl (C=O) groups is 1. The highest BCUT2D eigenvalue weighted by Crippen LogP contribution is 2.24. The number of rotatable bonds is 4. The van der Waals surface area contributed by atoms with Crippen LogP contribution in [0.15, 0.2) is 0 Å². The molecule has 0 atom stereocenters. The normalized spacial score (nSPS) is 11.9. The Balaban J connectivity index is 2.49. The largest absolute Gasteiger partial charge is 0.296 e. The molecule has 0 fully saturated rings. The first-order valence-electron chi connectivity index (χ1n) is 5.86. The van der Waals surface area contributed by atoms with Crippen molar-refractivity contribution < 1.29 is 4.79 Å². The number of carbonyl (C=O) groups excluding carboxylic acids is 1. The van der Waals surface area contributed by atoms with Crippen LogP contribution in [0, 0.1) is 5.92 Å². The van der Waals surface area contributed by atoms with Gasteiger partial charge in [-0.05, 0) is 11.8 Å². The third-order valence-corrected chi connectivity index (χ3v) is 3.48. The van der Waals surface area contributed by atoms with E-state index in [-0.39, 0.29) is 5.92 Å². The van der Waals surface area contributed by atoms with Crippen LogP contribution < -0.4 is 0 Å². The molecule has 92 valence electrons. The lowest BCUT2D eigenvalue weighted by Crippen LogP contribution is -2.00. The SMILES string of the molecule is CC(C)Cc1nn2c(C=O)c(C(C)C)nc2s1. The summed E-state index contributed by atoms with van der Waals surface area (Å²) >= 11 is 1.58. The summed E-state index contributed by atoms with van der Waals surface area (Å²) in [6.45, 7) is 8.39. The molecule has 2 aromatic heterocycles. The van der Waals surface area contributed by atoms with Crippen molar-refractivity contribution in [3.8, 4) is 0 Å². The Labute approximate surface area is 105 Å². The summed E-state index contributed by atoms with van der Waals surface area (Å²) in [5.41, 5.74) is 1.44. The first kappa shape index (κ1) is 12.2. The number of hydrogen-bond acceptors (Lipinski definition) is 4. The van der Waals surface area contributed by atoms with Crippen molar-refractivity contribution in [2.75, 3.05) is 0 Å². The highest BCUT2D eigenvalue weighted by Gasteiger charge is 2.18. The van der Waals surface area contributed by atoms with E-state index in [1.807, 2.05) is 13.8 Å². The maximum absolute atomic E-state index is 11.1. The zero-order valence-corrected chi connectivity index (χ0v) is 11.4. The van der Waals surface area contributed by atoms with E-state index >= 15 is 0 Å². The number of aldehydes is 1. The molecular weight excluding hydrogens is 234 g/mol. The van der Waals surface area contributed by atoms with Gasteiger partial charge in [0, 0.05) is 6.42 Å². The average molecular weight is 251 g/mol. The van der Waals surface area contributed by atoms with E-state index < -0.39 is 0 Å². The van der Waals surface area contributed by atoms with Gasteiger partial charge in [0.1, 0.15) is 10.7 Å². The first-order valence-corrected chi connectivity index (χ1v) is 6.68. The lowest BCUT2D eigenvalue weighted by molar-refractivity contribution is 0.111. The number of aromatic nitrogens is 3. The zero-order chi connectivity index (χ0) is 12.6. The van der Waals surface area contributed by atoms with Crippen molar-refractivity contribution >= 4 is 22.6 Å². The van der Waals surface area contributed by atoms with Crippen molar-refractivity contribution in [1.82, 2.24) is 14.6 Å². The van der Waals surface area contributed by atoms with Crippen LogP contribution in [0.25, 0.3) is 4.96 Å². The molecule has 0 saturated heterocycles. The van der Waals surface area contributed by atoms with E-state index in [9.17, 15) is 4.79 Å². The number of nitrogens with zero attached hydrogens (tertiary/aromatic N) is 3. The van der Waals surface area contributed by atoms with Crippen LogP contribution in [-0.2, 0) is 6.42 Å². The minimum Gasteiger partial charge on any atom is -0.296 e. The Morgan fingerprint density at radius 1 is 1.35 bits per heavy atom. The molecule has 5 heteroatoms. The van der Waals surface area contributed by atoms with Gasteiger partial charge < -0.3 is 0 Å². The summed E-state index contributed by atoms with van der Waals surface area (Å²) in [6.07, 6.45) is 1.79. The molecule has 0 aliphatic rings. The Hall–Kier alpha value is -1.23. The zero-order valence-electron chi connectivity index (χ0n) is 10.6. The van der Waals surface area contributed by atoms with E-state index in [0.29, 0.717) is 11.6 Å². The molecule has 0 aliphatic heterocycles. The average Bonchev–Trinajstić information content (AvgIpc) is 2.72. The predicted octanol–water partition coefficient (Wildman–Crippen LogP) is 2.93. The van der Waals surface area contributed by atoms with E-state index in [1.54, 1.807) is 15.9 Å². The fraction of sp³-hybridized carbons (Fsp3) is 0.583. The Morgan fingerprint density at radius 3 is 2.59 bits per heavy atom. The van der Waals surface area contributed by atoms with Crippen LogP contribution in [-0.4, -0.2) is 20.9 Å². The summed E-state index contributed by atoms with van der Waals surface area (Å²) < 4.78 is 1.69. The second-order valence-corrected chi connectivity index (χ2v) is 5.98. The maximum Gasteiger partial charge on any atom is 0.213 e. The van der Waals surface area contributed by atoms with E-state index in [2.05, 4.69) is 23.9 Å². The van der Waals surface area contributed by atoms with Gasteiger partial charge in [0.2, 0.25) is 4.96 Å². The third kappa shape index (κ3) is 2.24. The van der Waals surface area contributed by atoms with Gasteiger partial charge >= 0.3 is 0 Å². The van der Waals surface area contributed by atoms with Crippen LogP contribution in [0.1, 0.15) is 54.8 Å². The quantitative estimate of drug-likeness (QED) is 0.785. The first-order chi connectivity index (χ1) is 8.02. The molecule has 0 radical (unpaired) electrons. The lowest BCUT2D eigenvalue weighted by Gasteiger charge is -2.00. The van der Waals surface area contributed by atoms with Gasteiger partial charge in [-0.3, -0.25) is 4.79 Å². The molecule has 0 bridgehead atoms. The van der Waals surface area contributed by atoms with Gasteiger partial charge in [-0.1, -0.05) is 39.0 Å². The summed E-state index contributed by atoms with van der Waals surface area (Å²) in [4.78, 5) is 16.5. The Bertz CT molecular complexity index is 539. The maximum atomic E-state index is 11.1. The minimum absolute atomic E-state index is 0.248. The topological polar surface area (TPSA) is 47.3 Å². The molecule has 0 spiro atoms. The number of fused-ring (bicyclic) bond motifs is 1. The van der Waals surface area contributed by atoms with E-state index in [0.717, 1.165) is 28.4 Å². The van der Waals surface area contributed by atoms with Crippen LogP contribution in [0.3, 0.4) is 0 Å². The van der Waals surface area contributed by atoms with Crippen molar-refractivity contribution in [3.63, 3.8) is 0 Å². The Kier molecular flexibility index (Phi) is 3.28. The number of hydrogen-bond donors (Lipinski definition) is 0. The molecule has 0 aromatic carbocycles. The minimum atomic E-state index is 0.248. The Morgan fingerprint density at radius 2 is 2.06 bits per heavy atom. The molecule has 4 nitrogen and oxygen atoms in total. The van der Waals surface area contributed by atoms with Crippen molar-refractivity contribution in [2.45, 2.75) is 40.0 Å². The standard InChI is InChI=1S/C12H17N3OS/c1-7(2)5-10-14-15-9(6-16)11(8(3)4)13-12(15)17-10/h6-8H,5H2,1-4H3. The van der Waals surface area contributed by atoms with E-state index in [4.69, 9.17) is 0 Å². The molecule has 2 rings (SSSR count). The molecule has 2 heterocycles. The molecule has 0 N–H and O–H groups in total. The number of imidazole rings is 1. The second-order valence-electron chi connectivity index (χ2n) is 4.94. The molecule has 0 saturated carbocycles. The molecule has 0 amide bonds. The van der Waals surface area contributed by atoms with Crippen LogP contribution in [0.2, 0.25) is 0 Å². The van der Waals surface area contributed by atoms with Crippen molar-refractivity contribution in [2.24, 2.45) is 5.92 Å². The summed E-state index contributed by atoms with van der Waals surface area (Å²) in [5, 5.41) is 5.51. The summed E-state index contributed by atoms with van der Waals surface area (Å²) in [5.74, 6) is 0.813. The molecule has 0 unspecified atom stereocenters. The molecule has 0 aliphatic carbocycles. The smallest absolute Gasteiger partial charge is 0.213 e. The fourth-order valence-electron chi connectivity index (χ4n) is 1.79. The van der Waals surface area contributed by atoms with Crippen LogP contribution >= 0.6 is 11.3 Å². The lowest BCUT2D eigenvalue weighted by atomic mass is 10.1. The van der Waals surface area contributed by atoms with Gasteiger partial charge in [0.15, 0.2) is 6.29 Å². The van der Waals surface area contributed by atoms with Crippen molar-refractivity contribution in [3.05, 3.63) is 16.4 Å². The molecule has 17 heavy (non-hydrogen) atoms. The summed E-state index contributed by atoms with van der Waals surface area (Å²) in [7, 11) is 0. The van der Waals surface area contributed by atoms with Gasteiger partial charge in [-0.2, -0.15) is 9.61 Å². The highest BCUT2D eigenvalue weighted by atomic mass is 32.1. The second kappa shape index (κ2) is 4.56. The van der Waals surface area contributed by atoms with Gasteiger partial charge in [0.05, 0.1) is 5.69 Å².